The first-order chi connectivity index (χ1) is 8.65. The minimum atomic E-state index is -0.927. The van der Waals surface area contributed by atoms with Crippen molar-refractivity contribution in [3.63, 3.8) is 0 Å². The van der Waals surface area contributed by atoms with Crippen molar-refractivity contribution in [2.24, 2.45) is 0 Å². The van der Waals surface area contributed by atoms with Crippen molar-refractivity contribution >= 4 is 16.9 Å². The van der Waals surface area contributed by atoms with Gasteiger partial charge in [-0.15, -0.1) is 0 Å². The highest BCUT2D eigenvalue weighted by atomic mass is 19.1. The van der Waals surface area contributed by atoms with Crippen molar-refractivity contribution in [1.29, 1.82) is 0 Å². The zero-order chi connectivity index (χ0) is 12.7. The summed E-state index contributed by atoms with van der Waals surface area (Å²) >= 11 is 0. The molecule has 0 aliphatic heterocycles. The molecule has 7 heteroatoms. The van der Waals surface area contributed by atoms with E-state index in [1.165, 1.54) is 35.1 Å². The molecule has 0 unspecified atom stereocenters. The van der Waals surface area contributed by atoms with Crippen molar-refractivity contribution in [3.8, 4) is 5.69 Å². The van der Waals surface area contributed by atoms with Gasteiger partial charge in [-0.2, -0.15) is 19.5 Å². The molecule has 2 heterocycles. The fourth-order valence-corrected chi connectivity index (χ4v) is 1.67. The van der Waals surface area contributed by atoms with Crippen LogP contribution in [0, 0.1) is 11.9 Å². The quantitative estimate of drug-likeness (QED) is 0.664. The minimum absolute atomic E-state index is 0.0193. The predicted molar refractivity (Wildman–Crippen MR) is 61.0 cm³/mol. The smallest absolute Gasteiger partial charge is 0.312 e. The fraction of sp³-hybridized carbons (Fsp3) is 0. The van der Waals surface area contributed by atoms with Gasteiger partial charge in [-0.3, -0.25) is 0 Å². The summed E-state index contributed by atoms with van der Waals surface area (Å²) in [6.07, 6.45) is 0.511. The van der Waals surface area contributed by atoms with Crippen molar-refractivity contribution < 1.29 is 8.78 Å². The molecule has 5 nitrogen and oxygen atoms in total. The zero-order valence-electron chi connectivity index (χ0n) is 9.01. The first kappa shape index (κ1) is 10.6. The largest absolute Gasteiger partial charge is 0.383 e. The number of rotatable bonds is 1. The van der Waals surface area contributed by atoms with Crippen molar-refractivity contribution in [3.05, 3.63) is 42.4 Å². The van der Waals surface area contributed by atoms with Crippen LogP contribution in [0.3, 0.4) is 0 Å². The van der Waals surface area contributed by atoms with E-state index in [-0.39, 0.29) is 17.3 Å². The van der Waals surface area contributed by atoms with Crippen molar-refractivity contribution in [2.45, 2.75) is 0 Å². The monoisotopic (exact) mass is 247 g/mol. The van der Waals surface area contributed by atoms with Crippen molar-refractivity contribution in [2.75, 3.05) is 5.73 Å². The van der Waals surface area contributed by atoms with Crippen LogP contribution in [0.1, 0.15) is 0 Å². The van der Waals surface area contributed by atoms with E-state index in [0.717, 1.165) is 0 Å². The molecule has 0 atom stereocenters. The average molecular weight is 247 g/mol. The maximum Gasteiger partial charge on any atom is 0.312 e. The third-order valence-electron chi connectivity index (χ3n) is 2.50. The summed E-state index contributed by atoms with van der Waals surface area (Å²) in [7, 11) is 0. The Balaban J connectivity index is 2.27. The van der Waals surface area contributed by atoms with Crippen LogP contribution in [0.4, 0.5) is 14.6 Å². The number of aromatic nitrogens is 4. The Morgan fingerprint density at radius 1 is 1.06 bits per heavy atom. The van der Waals surface area contributed by atoms with Gasteiger partial charge in [-0.05, 0) is 24.3 Å². The Morgan fingerprint density at radius 2 is 1.78 bits per heavy atom. The Kier molecular flexibility index (Phi) is 2.19. The number of hydrogen-bond donors (Lipinski definition) is 1. The molecule has 2 aromatic heterocycles. The SMILES string of the molecule is Nc1nc(F)nc2c1cnn2-c1ccc(F)cc1. The van der Waals surface area contributed by atoms with Gasteiger partial charge in [-0.25, -0.2) is 9.07 Å². The van der Waals surface area contributed by atoms with Gasteiger partial charge >= 0.3 is 6.08 Å². The molecule has 0 fully saturated rings. The second-order valence-electron chi connectivity index (χ2n) is 3.65. The van der Waals surface area contributed by atoms with Crippen LogP contribution in [0.2, 0.25) is 0 Å². The molecular formula is C11H7F2N5. The highest BCUT2D eigenvalue weighted by molar-refractivity contribution is 5.85. The van der Waals surface area contributed by atoms with Crippen LogP contribution >= 0.6 is 0 Å². The summed E-state index contributed by atoms with van der Waals surface area (Å²) in [6.45, 7) is 0. The zero-order valence-corrected chi connectivity index (χ0v) is 9.01. The standard InChI is InChI=1S/C11H7F2N5/c12-6-1-3-7(4-2-6)18-10-8(5-15-18)9(14)16-11(13)17-10/h1-5H,(H2,14,16,17). The third kappa shape index (κ3) is 1.56. The molecular weight excluding hydrogens is 240 g/mol. The maximum atomic E-state index is 13.1. The van der Waals surface area contributed by atoms with Gasteiger partial charge in [0.25, 0.3) is 0 Å². The summed E-state index contributed by atoms with van der Waals surface area (Å²) in [5, 5.41) is 4.49. The summed E-state index contributed by atoms with van der Waals surface area (Å²) in [5.41, 5.74) is 6.37. The number of hydrogen-bond acceptors (Lipinski definition) is 4. The molecule has 1 aromatic carbocycles. The normalized spacial score (nSPS) is 11.0. The van der Waals surface area contributed by atoms with E-state index < -0.39 is 6.08 Å². The number of fused-ring (bicyclic) bond motifs is 1. The van der Waals surface area contributed by atoms with Crippen LogP contribution in [0.5, 0.6) is 0 Å². The van der Waals surface area contributed by atoms with E-state index in [0.29, 0.717) is 11.1 Å². The minimum Gasteiger partial charge on any atom is -0.383 e. The molecule has 0 saturated carbocycles. The van der Waals surface area contributed by atoms with Gasteiger partial charge < -0.3 is 5.73 Å². The highest BCUT2D eigenvalue weighted by Crippen LogP contribution is 2.20. The second kappa shape index (κ2) is 3.73. The molecule has 0 radical (unpaired) electrons. The topological polar surface area (TPSA) is 69.6 Å². The lowest BCUT2D eigenvalue weighted by atomic mass is 10.3. The van der Waals surface area contributed by atoms with Gasteiger partial charge in [0.2, 0.25) is 0 Å². The average Bonchev–Trinajstić information content (AvgIpc) is 2.74. The molecule has 90 valence electrons. The third-order valence-corrected chi connectivity index (χ3v) is 2.50. The summed E-state index contributed by atoms with van der Waals surface area (Å²) in [5.74, 6) is -0.346. The lowest BCUT2D eigenvalue weighted by Gasteiger charge is -2.02. The number of anilines is 1. The molecule has 2 N–H and O–H groups in total. The van der Waals surface area contributed by atoms with E-state index in [1.54, 1.807) is 0 Å². The number of nitrogens with zero attached hydrogens (tertiary/aromatic N) is 4. The van der Waals surface area contributed by atoms with Crippen molar-refractivity contribution in [1.82, 2.24) is 19.7 Å². The Hall–Kier alpha value is -2.57. The molecule has 0 aliphatic rings. The highest BCUT2D eigenvalue weighted by Gasteiger charge is 2.11. The van der Waals surface area contributed by atoms with Gasteiger partial charge in [0.15, 0.2) is 5.65 Å². The Bertz CT molecular complexity index is 720. The first-order valence-corrected chi connectivity index (χ1v) is 5.08. The molecule has 0 saturated heterocycles. The molecule has 0 amide bonds. The Morgan fingerprint density at radius 3 is 2.50 bits per heavy atom. The van der Waals surface area contributed by atoms with Crippen LogP contribution in [0.15, 0.2) is 30.5 Å². The lowest BCUT2D eigenvalue weighted by molar-refractivity contribution is 0.544. The van der Waals surface area contributed by atoms with Crippen LogP contribution in [0.25, 0.3) is 16.7 Å². The molecule has 0 aliphatic carbocycles. The fourth-order valence-electron chi connectivity index (χ4n) is 1.67. The number of halogens is 2. The molecule has 0 bridgehead atoms. The number of nitrogens with two attached hydrogens (primary N) is 1. The summed E-state index contributed by atoms with van der Waals surface area (Å²) in [4.78, 5) is 7.05. The van der Waals surface area contributed by atoms with Gasteiger partial charge in [0.05, 0.1) is 17.3 Å². The van der Waals surface area contributed by atoms with Crippen LogP contribution < -0.4 is 5.73 Å². The Labute approximate surface area is 99.9 Å². The summed E-state index contributed by atoms with van der Waals surface area (Å²) < 4.78 is 27.3. The van der Waals surface area contributed by atoms with Crippen LogP contribution in [-0.2, 0) is 0 Å². The van der Waals surface area contributed by atoms with Crippen LogP contribution in [-0.4, -0.2) is 19.7 Å². The first-order valence-electron chi connectivity index (χ1n) is 5.08. The predicted octanol–water partition coefficient (Wildman–Crippen LogP) is 1.68. The van der Waals surface area contributed by atoms with E-state index in [4.69, 9.17) is 5.73 Å². The van der Waals surface area contributed by atoms with Gasteiger partial charge in [0.1, 0.15) is 11.6 Å². The van der Waals surface area contributed by atoms with Gasteiger partial charge in [-0.1, -0.05) is 0 Å². The van der Waals surface area contributed by atoms with E-state index >= 15 is 0 Å². The number of nitrogen functional groups attached to an aromatic ring is 1. The molecule has 3 aromatic rings. The molecule has 3 rings (SSSR count). The molecule has 18 heavy (non-hydrogen) atoms. The maximum absolute atomic E-state index is 13.1. The second-order valence-corrected chi connectivity index (χ2v) is 3.65. The number of benzene rings is 1. The van der Waals surface area contributed by atoms with Gasteiger partial charge in [0, 0.05) is 0 Å². The van der Waals surface area contributed by atoms with E-state index in [1.807, 2.05) is 0 Å². The van der Waals surface area contributed by atoms with E-state index in [2.05, 4.69) is 15.1 Å². The lowest BCUT2D eigenvalue weighted by Crippen LogP contribution is -2.02. The summed E-state index contributed by atoms with van der Waals surface area (Å²) in [6, 6.07) is 5.59. The molecule has 0 spiro atoms. The van der Waals surface area contributed by atoms with E-state index in [9.17, 15) is 8.78 Å².